The number of carbonyl (C=O) groups excluding carboxylic acids is 2. The molecule has 2 aliphatic rings. The van der Waals surface area contributed by atoms with Gasteiger partial charge in [-0.05, 0) is 38.1 Å². The molecule has 0 aromatic heterocycles. The first-order chi connectivity index (χ1) is 11.2. The number of piperidine rings is 1. The van der Waals surface area contributed by atoms with Crippen molar-refractivity contribution in [2.24, 2.45) is 5.92 Å². The smallest absolute Gasteiger partial charge is 0.248 e. The fourth-order valence-corrected chi connectivity index (χ4v) is 3.13. The second-order valence-electron chi connectivity index (χ2n) is 6.29. The van der Waals surface area contributed by atoms with Crippen LogP contribution in [0.25, 0.3) is 0 Å². The van der Waals surface area contributed by atoms with Crippen LogP contribution in [0.2, 0.25) is 0 Å². The van der Waals surface area contributed by atoms with E-state index in [0.717, 1.165) is 38.8 Å². The Hall–Kier alpha value is -0.890. The fourth-order valence-electron chi connectivity index (χ4n) is 3.13. The number of ether oxygens (including phenoxy) is 2. The van der Waals surface area contributed by atoms with E-state index in [1.807, 2.05) is 4.90 Å². The lowest BCUT2D eigenvalue weighted by Crippen LogP contribution is -2.47. The molecule has 0 aliphatic carbocycles. The molecule has 7 nitrogen and oxygen atoms in total. The minimum Gasteiger partial charge on any atom is -0.382 e. The highest BCUT2D eigenvalue weighted by Gasteiger charge is 2.26. The molecule has 2 unspecified atom stereocenters. The molecule has 2 atom stereocenters. The fraction of sp³-hybridized carbons (Fsp3) is 0.875. The number of methoxy groups -OCH3 is 1. The molecule has 2 heterocycles. The molecule has 0 saturated carbocycles. The molecule has 0 radical (unpaired) electrons. The van der Waals surface area contributed by atoms with Gasteiger partial charge < -0.3 is 25.0 Å². The normalized spacial score (nSPS) is 23.6. The molecule has 8 heteroatoms. The van der Waals surface area contributed by atoms with Gasteiger partial charge in [-0.3, -0.25) is 9.59 Å². The van der Waals surface area contributed by atoms with Crippen molar-refractivity contribution in [2.75, 3.05) is 53.1 Å². The molecule has 24 heavy (non-hydrogen) atoms. The Kier molecular flexibility index (Phi) is 10.2. The molecule has 2 N–H and O–H groups in total. The van der Waals surface area contributed by atoms with Gasteiger partial charge in [0.1, 0.15) is 6.61 Å². The van der Waals surface area contributed by atoms with Gasteiger partial charge in [0.05, 0.1) is 19.3 Å². The number of hydrogen-bond acceptors (Lipinski definition) is 5. The van der Waals surface area contributed by atoms with Gasteiger partial charge in [-0.15, -0.1) is 12.4 Å². The largest absolute Gasteiger partial charge is 0.382 e. The molecule has 140 valence electrons. The summed E-state index contributed by atoms with van der Waals surface area (Å²) >= 11 is 0. The van der Waals surface area contributed by atoms with Gasteiger partial charge in [0, 0.05) is 26.7 Å². The van der Waals surface area contributed by atoms with Crippen LogP contribution < -0.4 is 10.6 Å². The van der Waals surface area contributed by atoms with E-state index in [-0.39, 0.29) is 36.9 Å². The Morgan fingerprint density at radius 2 is 2.08 bits per heavy atom. The number of amides is 2. The van der Waals surface area contributed by atoms with E-state index in [2.05, 4.69) is 10.6 Å². The number of rotatable bonds is 8. The highest BCUT2D eigenvalue weighted by molar-refractivity contribution is 5.85. The van der Waals surface area contributed by atoms with Gasteiger partial charge in [-0.25, -0.2) is 0 Å². The zero-order valence-electron chi connectivity index (χ0n) is 14.4. The zero-order valence-corrected chi connectivity index (χ0v) is 15.2. The van der Waals surface area contributed by atoms with Crippen molar-refractivity contribution in [3.05, 3.63) is 0 Å². The van der Waals surface area contributed by atoms with E-state index in [4.69, 9.17) is 9.47 Å². The van der Waals surface area contributed by atoms with Crippen LogP contribution in [0.3, 0.4) is 0 Å². The molecule has 0 spiro atoms. The third kappa shape index (κ3) is 6.93. The van der Waals surface area contributed by atoms with E-state index in [1.165, 1.54) is 0 Å². The van der Waals surface area contributed by atoms with Gasteiger partial charge in [0.15, 0.2) is 0 Å². The molecular formula is C16H30ClN3O4. The molecule has 0 bridgehead atoms. The lowest BCUT2D eigenvalue weighted by Gasteiger charge is -2.33. The van der Waals surface area contributed by atoms with Gasteiger partial charge in [0.2, 0.25) is 11.8 Å². The van der Waals surface area contributed by atoms with Crippen molar-refractivity contribution < 1.29 is 19.1 Å². The number of nitrogens with one attached hydrogen (secondary N) is 2. The van der Waals surface area contributed by atoms with Gasteiger partial charge >= 0.3 is 0 Å². The predicted molar refractivity (Wildman–Crippen MR) is 93.3 cm³/mol. The van der Waals surface area contributed by atoms with Crippen molar-refractivity contribution in [2.45, 2.75) is 31.7 Å². The Labute approximate surface area is 150 Å². The molecule has 2 aliphatic heterocycles. The number of likely N-dealkylation sites (tertiary alicyclic amines) is 1. The second kappa shape index (κ2) is 11.6. The van der Waals surface area contributed by atoms with Gasteiger partial charge in [-0.2, -0.15) is 0 Å². The van der Waals surface area contributed by atoms with Crippen LogP contribution in [0.15, 0.2) is 0 Å². The van der Waals surface area contributed by atoms with E-state index in [9.17, 15) is 9.59 Å². The highest BCUT2D eigenvalue weighted by Crippen LogP contribution is 2.16. The number of hydrogen-bond donors (Lipinski definition) is 2. The quantitative estimate of drug-likeness (QED) is 0.601. The first-order valence-corrected chi connectivity index (χ1v) is 8.56. The van der Waals surface area contributed by atoms with Crippen molar-refractivity contribution >= 4 is 24.2 Å². The first kappa shape index (κ1) is 21.2. The minimum absolute atomic E-state index is 0. The molecule has 2 amide bonds. The van der Waals surface area contributed by atoms with Crippen molar-refractivity contribution in [1.82, 2.24) is 15.5 Å². The summed E-state index contributed by atoms with van der Waals surface area (Å²) in [5.41, 5.74) is 0. The molecule has 2 rings (SSSR count). The standard InChI is InChI=1S/C16H29N3O4.ClH/c1-22-8-9-23-12-15(20)19-7-3-4-13(11-19)10-18-16(21)14-5-2-6-17-14;/h13-14,17H,2-12H2,1H3,(H,18,21);1H. The summed E-state index contributed by atoms with van der Waals surface area (Å²) in [6.07, 6.45) is 4.01. The molecule has 0 aromatic rings. The Morgan fingerprint density at radius 1 is 1.25 bits per heavy atom. The number of nitrogens with zero attached hydrogens (tertiary/aromatic N) is 1. The highest BCUT2D eigenvalue weighted by atomic mass is 35.5. The Morgan fingerprint density at radius 3 is 2.79 bits per heavy atom. The first-order valence-electron chi connectivity index (χ1n) is 8.56. The van der Waals surface area contributed by atoms with E-state index in [1.54, 1.807) is 7.11 Å². The minimum atomic E-state index is -0.0366. The summed E-state index contributed by atoms with van der Waals surface area (Å²) in [5.74, 6) is 0.445. The summed E-state index contributed by atoms with van der Waals surface area (Å²) in [4.78, 5) is 26.0. The third-order valence-corrected chi connectivity index (χ3v) is 4.47. The summed E-state index contributed by atoms with van der Waals surface area (Å²) in [7, 11) is 1.61. The third-order valence-electron chi connectivity index (χ3n) is 4.47. The molecule has 2 saturated heterocycles. The maximum absolute atomic E-state index is 12.1. The lowest BCUT2D eigenvalue weighted by molar-refractivity contribution is -0.138. The van der Waals surface area contributed by atoms with Crippen molar-refractivity contribution in [3.8, 4) is 0 Å². The monoisotopic (exact) mass is 363 g/mol. The van der Waals surface area contributed by atoms with Gasteiger partial charge in [-0.1, -0.05) is 0 Å². The summed E-state index contributed by atoms with van der Waals surface area (Å²) < 4.78 is 10.2. The van der Waals surface area contributed by atoms with Crippen LogP contribution in [-0.2, 0) is 19.1 Å². The Balaban J connectivity index is 0.00000288. The van der Waals surface area contributed by atoms with Crippen LogP contribution >= 0.6 is 12.4 Å². The average molecular weight is 364 g/mol. The van der Waals surface area contributed by atoms with E-state index >= 15 is 0 Å². The number of carbonyl (C=O) groups is 2. The zero-order chi connectivity index (χ0) is 16.5. The Bertz CT molecular complexity index is 392. The number of halogens is 1. The second-order valence-corrected chi connectivity index (χ2v) is 6.29. The SMILES string of the molecule is COCCOCC(=O)N1CCCC(CNC(=O)C2CCCN2)C1.Cl. The van der Waals surface area contributed by atoms with Crippen LogP contribution in [0.4, 0.5) is 0 Å². The maximum atomic E-state index is 12.1. The van der Waals surface area contributed by atoms with Gasteiger partial charge in [0.25, 0.3) is 0 Å². The van der Waals surface area contributed by atoms with E-state index in [0.29, 0.717) is 32.2 Å². The lowest BCUT2D eigenvalue weighted by atomic mass is 9.97. The average Bonchev–Trinajstić information content (AvgIpc) is 3.11. The predicted octanol–water partition coefficient (Wildman–Crippen LogP) is 0.178. The van der Waals surface area contributed by atoms with E-state index < -0.39 is 0 Å². The molecule has 0 aromatic carbocycles. The van der Waals surface area contributed by atoms with Crippen molar-refractivity contribution in [1.29, 1.82) is 0 Å². The van der Waals surface area contributed by atoms with Crippen LogP contribution in [0.5, 0.6) is 0 Å². The molecule has 2 fully saturated rings. The maximum Gasteiger partial charge on any atom is 0.248 e. The summed E-state index contributed by atoms with van der Waals surface area (Å²) in [6.45, 7) is 4.08. The topological polar surface area (TPSA) is 79.9 Å². The van der Waals surface area contributed by atoms with Crippen LogP contribution in [0.1, 0.15) is 25.7 Å². The van der Waals surface area contributed by atoms with Crippen LogP contribution in [0, 0.1) is 5.92 Å². The summed E-state index contributed by atoms with van der Waals surface area (Å²) in [6, 6.07) is -0.0366. The van der Waals surface area contributed by atoms with Crippen LogP contribution in [-0.4, -0.2) is 75.9 Å². The van der Waals surface area contributed by atoms with Crippen molar-refractivity contribution in [3.63, 3.8) is 0 Å². The molecular weight excluding hydrogens is 334 g/mol. The summed E-state index contributed by atoms with van der Waals surface area (Å²) in [5, 5.41) is 6.23.